The van der Waals surface area contributed by atoms with Crippen molar-refractivity contribution >= 4 is 17.4 Å². The summed E-state index contributed by atoms with van der Waals surface area (Å²) in [4.78, 5) is 22.8. The fourth-order valence-electron chi connectivity index (χ4n) is 2.08. The van der Waals surface area contributed by atoms with Crippen molar-refractivity contribution in [1.29, 1.82) is 0 Å². The van der Waals surface area contributed by atoms with Crippen molar-refractivity contribution in [3.63, 3.8) is 0 Å². The Kier molecular flexibility index (Phi) is 3.32. The predicted octanol–water partition coefficient (Wildman–Crippen LogP) is 2.63. The number of nitrogens with one attached hydrogen (secondary N) is 1. The van der Waals surface area contributed by atoms with Gasteiger partial charge in [0.05, 0.1) is 6.42 Å². The van der Waals surface area contributed by atoms with Crippen LogP contribution in [-0.2, 0) is 9.59 Å². The molecule has 1 heterocycles. The molecule has 0 aliphatic carbocycles. The molecule has 0 bridgehead atoms. The van der Waals surface area contributed by atoms with Crippen LogP contribution in [0.25, 0.3) is 5.57 Å². The minimum absolute atomic E-state index is 0.191. The van der Waals surface area contributed by atoms with Crippen LogP contribution < -0.4 is 5.32 Å². The van der Waals surface area contributed by atoms with Crippen molar-refractivity contribution in [2.75, 3.05) is 0 Å². The number of benzene rings is 1. The maximum Gasteiger partial charge on any atom is 0.254 e. The summed E-state index contributed by atoms with van der Waals surface area (Å²) in [5.41, 5.74) is 3.73. The highest BCUT2D eigenvalue weighted by Gasteiger charge is 2.26. The van der Waals surface area contributed by atoms with E-state index < -0.39 is 0 Å². The van der Waals surface area contributed by atoms with E-state index in [0.717, 1.165) is 11.1 Å². The van der Waals surface area contributed by atoms with Gasteiger partial charge in [0.1, 0.15) is 0 Å². The Labute approximate surface area is 107 Å². The summed E-state index contributed by atoms with van der Waals surface area (Å²) in [5.74, 6) is 0.0157. The molecule has 0 unspecified atom stereocenters. The second-order valence-corrected chi connectivity index (χ2v) is 4.93. The lowest BCUT2D eigenvalue weighted by molar-refractivity contribution is -0.124. The third kappa shape index (κ3) is 2.35. The van der Waals surface area contributed by atoms with E-state index in [1.165, 1.54) is 5.56 Å². The molecule has 1 fully saturated rings. The normalized spacial score (nSPS) is 18.2. The van der Waals surface area contributed by atoms with Gasteiger partial charge in [-0.25, -0.2) is 0 Å². The number of carbonyl (C=O) groups excluding carboxylic acids is 2. The van der Waals surface area contributed by atoms with E-state index in [4.69, 9.17) is 0 Å². The van der Waals surface area contributed by atoms with Crippen LogP contribution in [0, 0.1) is 0 Å². The first kappa shape index (κ1) is 12.6. The van der Waals surface area contributed by atoms with Gasteiger partial charge >= 0.3 is 0 Å². The fourth-order valence-corrected chi connectivity index (χ4v) is 2.08. The van der Waals surface area contributed by atoms with Gasteiger partial charge in [0.25, 0.3) is 5.91 Å². The highest BCUT2D eigenvalue weighted by atomic mass is 16.2. The highest BCUT2D eigenvalue weighted by Crippen LogP contribution is 2.25. The van der Waals surface area contributed by atoms with Crippen LogP contribution in [0.3, 0.4) is 0 Å². The quantitative estimate of drug-likeness (QED) is 0.641. The first-order valence-electron chi connectivity index (χ1n) is 6.13. The first-order chi connectivity index (χ1) is 8.49. The molecule has 0 radical (unpaired) electrons. The van der Waals surface area contributed by atoms with E-state index in [-0.39, 0.29) is 18.2 Å². The van der Waals surface area contributed by atoms with Crippen molar-refractivity contribution in [3.8, 4) is 0 Å². The minimum Gasteiger partial charge on any atom is -0.292 e. The lowest BCUT2D eigenvalue weighted by Gasteiger charge is -2.08. The SMILES string of the molecule is CC(=C1CC(=O)NC1=O)c1ccc(C(C)C)cc1. The minimum atomic E-state index is -0.259. The van der Waals surface area contributed by atoms with Crippen LogP contribution in [0.15, 0.2) is 29.8 Å². The molecule has 1 aliphatic rings. The van der Waals surface area contributed by atoms with Crippen LogP contribution in [0.2, 0.25) is 0 Å². The van der Waals surface area contributed by atoms with Crippen LogP contribution in [0.5, 0.6) is 0 Å². The molecule has 94 valence electrons. The molecule has 2 amide bonds. The summed E-state index contributed by atoms with van der Waals surface area (Å²) >= 11 is 0. The van der Waals surface area contributed by atoms with Crippen molar-refractivity contribution in [1.82, 2.24) is 5.32 Å². The van der Waals surface area contributed by atoms with Crippen molar-refractivity contribution < 1.29 is 9.59 Å². The van der Waals surface area contributed by atoms with Gasteiger partial charge in [0.15, 0.2) is 0 Å². The number of carbonyl (C=O) groups is 2. The van der Waals surface area contributed by atoms with Gasteiger partial charge in [-0.1, -0.05) is 38.1 Å². The molecule has 0 atom stereocenters. The van der Waals surface area contributed by atoms with Crippen LogP contribution >= 0.6 is 0 Å². The summed E-state index contributed by atoms with van der Waals surface area (Å²) in [6.45, 7) is 6.17. The van der Waals surface area contributed by atoms with Gasteiger partial charge in [-0.05, 0) is 29.5 Å². The van der Waals surface area contributed by atoms with Gasteiger partial charge in [0, 0.05) is 5.57 Å². The van der Waals surface area contributed by atoms with Gasteiger partial charge in [-0.2, -0.15) is 0 Å². The average Bonchev–Trinajstić information content (AvgIpc) is 2.67. The summed E-state index contributed by atoms with van der Waals surface area (Å²) in [6.07, 6.45) is 0.191. The monoisotopic (exact) mass is 243 g/mol. The molecule has 1 saturated heterocycles. The molecule has 0 saturated carbocycles. The Hall–Kier alpha value is -1.90. The lowest BCUT2D eigenvalue weighted by atomic mass is 9.96. The Morgan fingerprint density at radius 1 is 1.17 bits per heavy atom. The maximum atomic E-state index is 11.6. The maximum absolute atomic E-state index is 11.6. The molecule has 1 N–H and O–H groups in total. The molecular formula is C15H17NO2. The second-order valence-electron chi connectivity index (χ2n) is 4.93. The summed E-state index contributed by atoms with van der Waals surface area (Å²) < 4.78 is 0. The molecule has 1 aromatic carbocycles. The third-order valence-electron chi connectivity index (χ3n) is 3.33. The third-order valence-corrected chi connectivity index (χ3v) is 3.33. The average molecular weight is 243 g/mol. The largest absolute Gasteiger partial charge is 0.292 e. The number of hydrogen-bond acceptors (Lipinski definition) is 2. The van der Waals surface area contributed by atoms with Gasteiger partial charge < -0.3 is 0 Å². The summed E-state index contributed by atoms with van der Waals surface area (Å²) in [5, 5.41) is 2.31. The first-order valence-corrected chi connectivity index (χ1v) is 6.13. The van der Waals surface area contributed by atoms with E-state index in [0.29, 0.717) is 11.5 Å². The van der Waals surface area contributed by atoms with Crippen LogP contribution in [0.4, 0.5) is 0 Å². The van der Waals surface area contributed by atoms with Crippen molar-refractivity contribution in [3.05, 3.63) is 41.0 Å². The van der Waals surface area contributed by atoms with E-state index >= 15 is 0 Å². The van der Waals surface area contributed by atoms with Gasteiger partial charge in [0.2, 0.25) is 5.91 Å². The zero-order chi connectivity index (χ0) is 13.3. The molecule has 0 aromatic heterocycles. The molecule has 1 aliphatic heterocycles. The molecule has 1 aromatic rings. The zero-order valence-corrected chi connectivity index (χ0v) is 10.9. The highest BCUT2D eigenvalue weighted by molar-refractivity contribution is 6.17. The Morgan fingerprint density at radius 2 is 1.78 bits per heavy atom. The van der Waals surface area contributed by atoms with E-state index in [2.05, 4.69) is 31.3 Å². The molecule has 18 heavy (non-hydrogen) atoms. The van der Waals surface area contributed by atoms with Crippen molar-refractivity contribution in [2.45, 2.75) is 33.1 Å². The van der Waals surface area contributed by atoms with Gasteiger partial charge in [-0.15, -0.1) is 0 Å². The Balaban J connectivity index is 2.34. The van der Waals surface area contributed by atoms with Gasteiger partial charge in [-0.3, -0.25) is 14.9 Å². The number of amides is 2. The van der Waals surface area contributed by atoms with E-state index in [9.17, 15) is 9.59 Å². The molecule has 3 nitrogen and oxygen atoms in total. The van der Waals surface area contributed by atoms with E-state index in [1.54, 1.807) is 0 Å². The number of imide groups is 1. The molecule has 3 heteroatoms. The fraction of sp³-hybridized carbons (Fsp3) is 0.333. The number of allylic oxidation sites excluding steroid dienone is 1. The standard InChI is InChI=1S/C15H17NO2/c1-9(2)11-4-6-12(7-5-11)10(3)13-8-14(17)16-15(13)18/h4-7,9H,8H2,1-3H3,(H,16,17,18). The van der Waals surface area contributed by atoms with E-state index in [1.807, 2.05) is 19.1 Å². The topological polar surface area (TPSA) is 46.2 Å². The summed E-state index contributed by atoms with van der Waals surface area (Å²) in [7, 11) is 0. The predicted molar refractivity (Wildman–Crippen MR) is 70.9 cm³/mol. The second kappa shape index (κ2) is 4.77. The molecule has 0 spiro atoms. The van der Waals surface area contributed by atoms with Crippen molar-refractivity contribution in [2.24, 2.45) is 0 Å². The zero-order valence-electron chi connectivity index (χ0n) is 10.9. The van der Waals surface area contributed by atoms with Crippen LogP contribution in [-0.4, -0.2) is 11.8 Å². The molecule has 2 rings (SSSR count). The number of hydrogen-bond donors (Lipinski definition) is 1. The van der Waals surface area contributed by atoms with Crippen LogP contribution in [0.1, 0.15) is 44.2 Å². The molecular weight excluding hydrogens is 226 g/mol. The number of rotatable bonds is 2. The smallest absolute Gasteiger partial charge is 0.254 e. The summed E-state index contributed by atoms with van der Waals surface area (Å²) in [6, 6.07) is 8.15. The Bertz CT molecular complexity index is 524. The Morgan fingerprint density at radius 3 is 2.22 bits per heavy atom. The lowest BCUT2D eigenvalue weighted by Crippen LogP contribution is -2.19.